The van der Waals surface area contributed by atoms with E-state index in [0.29, 0.717) is 30.5 Å². The highest BCUT2D eigenvalue weighted by Gasteiger charge is 2.08. The average Bonchev–Trinajstić information content (AvgIpc) is 2.88. The zero-order chi connectivity index (χ0) is 14.7. The molecule has 0 aliphatic rings. The fourth-order valence-electron chi connectivity index (χ4n) is 2.04. The second-order valence-electron chi connectivity index (χ2n) is 4.69. The van der Waals surface area contributed by atoms with Crippen molar-refractivity contribution in [1.82, 2.24) is 19.6 Å². The Labute approximate surface area is 122 Å². The van der Waals surface area contributed by atoms with Crippen LogP contribution in [-0.2, 0) is 0 Å². The van der Waals surface area contributed by atoms with Crippen LogP contribution in [0.4, 0.5) is 17.5 Å². The summed E-state index contributed by atoms with van der Waals surface area (Å²) < 4.78 is 1.68. The molecule has 1 aromatic carbocycles. The summed E-state index contributed by atoms with van der Waals surface area (Å²) in [5.41, 5.74) is 8.29. The monoisotopic (exact) mass is 283 g/mol. The Hall–Kier alpha value is -2.67. The standard InChI is InChI=1S/C14H17N7/c1-10-3-2-4-11(9-10)18-14-19-13-12(16-6-5-15)17-7-8-21(13)20-14/h2-4,7-9H,5-6,15H2,1H3,(H,16,17)(H,18,20). The Morgan fingerprint density at radius 3 is 3.05 bits per heavy atom. The normalized spacial score (nSPS) is 10.8. The van der Waals surface area contributed by atoms with E-state index in [1.807, 2.05) is 31.2 Å². The topological polar surface area (TPSA) is 93.2 Å². The third-order valence-electron chi connectivity index (χ3n) is 2.97. The molecule has 0 spiro atoms. The lowest BCUT2D eigenvalue weighted by atomic mass is 10.2. The van der Waals surface area contributed by atoms with Gasteiger partial charge in [0.15, 0.2) is 11.5 Å². The van der Waals surface area contributed by atoms with Gasteiger partial charge in [0.25, 0.3) is 0 Å². The number of nitrogens with two attached hydrogens (primary N) is 1. The molecular formula is C14H17N7. The van der Waals surface area contributed by atoms with Gasteiger partial charge in [-0.25, -0.2) is 9.50 Å². The minimum absolute atomic E-state index is 0.532. The third-order valence-corrected chi connectivity index (χ3v) is 2.97. The maximum absolute atomic E-state index is 5.50. The molecule has 0 saturated heterocycles. The fraction of sp³-hybridized carbons (Fsp3) is 0.214. The van der Waals surface area contributed by atoms with E-state index < -0.39 is 0 Å². The van der Waals surface area contributed by atoms with Crippen molar-refractivity contribution in [3.63, 3.8) is 0 Å². The summed E-state index contributed by atoms with van der Waals surface area (Å²) in [6, 6.07) is 8.05. The zero-order valence-electron chi connectivity index (χ0n) is 11.7. The van der Waals surface area contributed by atoms with Crippen molar-refractivity contribution in [1.29, 1.82) is 0 Å². The second-order valence-corrected chi connectivity index (χ2v) is 4.69. The van der Waals surface area contributed by atoms with Gasteiger partial charge >= 0.3 is 0 Å². The Balaban J connectivity index is 1.90. The van der Waals surface area contributed by atoms with E-state index in [9.17, 15) is 0 Å². The quantitative estimate of drug-likeness (QED) is 0.658. The van der Waals surface area contributed by atoms with Gasteiger partial charge in [0.05, 0.1) is 0 Å². The summed E-state index contributed by atoms with van der Waals surface area (Å²) in [7, 11) is 0. The van der Waals surface area contributed by atoms with Crippen LogP contribution in [0.3, 0.4) is 0 Å². The van der Waals surface area contributed by atoms with E-state index in [1.165, 1.54) is 5.56 Å². The predicted molar refractivity (Wildman–Crippen MR) is 82.8 cm³/mol. The highest BCUT2D eigenvalue weighted by molar-refractivity contribution is 5.65. The summed E-state index contributed by atoms with van der Waals surface area (Å²) in [4.78, 5) is 8.73. The smallest absolute Gasteiger partial charge is 0.247 e. The molecular weight excluding hydrogens is 266 g/mol. The van der Waals surface area contributed by atoms with E-state index in [-0.39, 0.29) is 0 Å². The zero-order valence-corrected chi connectivity index (χ0v) is 11.7. The van der Waals surface area contributed by atoms with E-state index in [4.69, 9.17) is 5.73 Å². The van der Waals surface area contributed by atoms with Crippen LogP contribution in [0.15, 0.2) is 36.7 Å². The Kier molecular flexibility index (Phi) is 3.65. The minimum Gasteiger partial charge on any atom is -0.366 e. The van der Waals surface area contributed by atoms with E-state index in [0.717, 1.165) is 5.69 Å². The van der Waals surface area contributed by atoms with Gasteiger partial charge in [0.2, 0.25) is 5.95 Å². The van der Waals surface area contributed by atoms with Gasteiger partial charge in [0.1, 0.15) is 0 Å². The highest BCUT2D eigenvalue weighted by Crippen LogP contribution is 2.17. The summed E-state index contributed by atoms with van der Waals surface area (Å²) in [5.74, 6) is 1.21. The summed E-state index contributed by atoms with van der Waals surface area (Å²) in [5, 5.41) is 10.7. The molecule has 0 unspecified atom stereocenters. The molecule has 0 atom stereocenters. The molecule has 0 bridgehead atoms. The molecule has 7 nitrogen and oxygen atoms in total. The number of rotatable bonds is 5. The molecule has 108 valence electrons. The van der Waals surface area contributed by atoms with E-state index in [1.54, 1.807) is 16.9 Å². The molecule has 0 aliphatic heterocycles. The van der Waals surface area contributed by atoms with Crippen LogP contribution in [0, 0.1) is 6.92 Å². The van der Waals surface area contributed by atoms with Crippen molar-refractivity contribution in [2.24, 2.45) is 5.73 Å². The first-order valence-corrected chi connectivity index (χ1v) is 6.75. The number of benzene rings is 1. The Morgan fingerprint density at radius 2 is 2.24 bits per heavy atom. The molecule has 21 heavy (non-hydrogen) atoms. The number of hydrogen-bond acceptors (Lipinski definition) is 6. The van der Waals surface area contributed by atoms with Gasteiger partial charge < -0.3 is 16.4 Å². The lowest BCUT2D eigenvalue weighted by Gasteiger charge is -2.03. The molecule has 0 fully saturated rings. The third kappa shape index (κ3) is 2.92. The number of aryl methyl sites for hydroxylation is 1. The molecule has 0 aliphatic carbocycles. The van der Waals surface area contributed by atoms with Gasteiger partial charge in [0, 0.05) is 31.2 Å². The lowest BCUT2D eigenvalue weighted by molar-refractivity contribution is 0.941. The number of aromatic nitrogens is 4. The van der Waals surface area contributed by atoms with Gasteiger partial charge in [-0.15, -0.1) is 5.10 Å². The average molecular weight is 283 g/mol. The van der Waals surface area contributed by atoms with E-state index >= 15 is 0 Å². The molecule has 3 rings (SSSR count). The number of fused-ring (bicyclic) bond motifs is 1. The van der Waals surface area contributed by atoms with Gasteiger partial charge in [-0.05, 0) is 24.6 Å². The number of nitrogens with one attached hydrogen (secondary N) is 2. The largest absolute Gasteiger partial charge is 0.366 e. The predicted octanol–water partition coefficient (Wildman–Crippen LogP) is 1.55. The molecule has 3 aromatic rings. The molecule has 2 heterocycles. The van der Waals surface area contributed by atoms with Crippen LogP contribution in [0.2, 0.25) is 0 Å². The fourth-order valence-corrected chi connectivity index (χ4v) is 2.04. The van der Waals surface area contributed by atoms with Crippen LogP contribution in [-0.4, -0.2) is 32.7 Å². The maximum atomic E-state index is 5.50. The second kappa shape index (κ2) is 5.76. The first kappa shape index (κ1) is 13.3. The van der Waals surface area contributed by atoms with Crippen LogP contribution in [0.25, 0.3) is 5.65 Å². The van der Waals surface area contributed by atoms with E-state index in [2.05, 4.69) is 25.7 Å². The SMILES string of the molecule is Cc1cccc(Nc2nc3c(NCCN)nccn3n2)c1. The minimum atomic E-state index is 0.532. The first-order valence-electron chi connectivity index (χ1n) is 6.75. The van der Waals surface area contributed by atoms with Crippen LogP contribution < -0.4 is 16.4 Å². The molecule has 4 N–H and O–H groups in total. The lowest BCUT2D eigenvalue weighted by Crippen LogP contribution is -2.14. The van der Waals surface area contributed by atoms with Crippen LogP contribution in [0.5, 0.6) is 0 Å². The van der Waals surface area contributed by atoms with Gasteiger partial charge in [-0.2, -0.15) is 4.98 Å². The van der Waals surface area contributed by atoms with Crippen molar-refractivity contribution in [2.45, 2.75) is 6.92 Å². The van der Waals surface area contributed by atoms with Crippen molar-refractivity contribution in [2.75, 3.05) is 23.7 Å². The highest BCUT2D eigenvalue weighted by atomic mass is 15.4. The van der Waals surface area contributed by atoms with Crippen LogP contribution in [0.1, 0.15) is 5.56 Å². The van der Waals surface area contributed by atoms with Crippen molar-refractivity contribution >= 4 is 23.1 Å². The summed E-state index contributed by atoms with van der Waals surface area (Å²) in [6.45, 7) is 3.21. The first-order chi connectivity index (χ1) is 10.3. The molecule has 0 saturated carbocycles. The van der Waals surface area contributed by atoms with Crippen molar-refractivity contribution in [3.05, 3.63) is 42.2 Å². The Morgan fingerprint density at radius 1 is 1.33 bits per heavy atom. The van der Waals surface area contributed by atoms with Crippen molar-refractivity contribution < 1.29 is 0 Å². The molecule has 0 amide bonds. The molecule has 7 heteroatoms. The van der Waals surface area contributed by atoms with Gasteiger partial charge in [-0.1, -0.05) is 12.1 Å². The van der Waals surface area contributed by atoms with Gasteiger partial charge in [-0.3, -0.25) is 0 Å². The molecule has 2 aromatic heterocycles. The maximum Gasteiger partial charge on any atom is 0.247 e. The number of nitrogens with zero attached hydrogens (tertiary/aromatic N) is 4. The summed E-state index contributed by atoms with van der Waals surface area (Å²) in [6.07, 6.45) is 3.44. The number of hydrogen-bond donors (Lipinski definition) is 3. The number of anilines is 3. The summed E-state index contributed by atoms with van der Waals surface area (Å²) >= 11 is 0. The van der Waals surface area contributed by atoms with Crippen molar-refractivity contribution in [3.8, 4) is 0 Å². The molecule has 0 radical (unpaired) electrons. The Bertz CT molecular complexity index is 750. The van der Waals surface area contributed by atoms with Crippen LogP contribution >= 0.6 is 0 Å².